The van der Waals surface area contributed by atoms with E-state index in [2.05, 4.69) is 35.0 Å². The Hall–Kier alpha value is -3.62. The van der Waals surface area contributed by atoms with Crippen LogP contribution in [-0.4, -0.2) is 62.8 Å². The summed E-state index contributed by atoms with van der Waals surface area (Å²) >= 11 is 5.89. The molecule has 39 heavy (non-hydrogen) atoms. The molecule has 0 amide bonds. The number of sulfonamides is 1. The van der Waals surface area contributed by atoms with Gasteiger partial charge in [0.15, 0.2) is 11.6 Å². The quantitative estimate of drug-likeness (QED) is 0.275. The van der Waals surface area contributed by atoms with Gasteiger partial charge in [-0.15, -0.1) is 10.2 Å². The molecule has 0 bridgehead atoms. The van der Waals surface area contributed by atoms with Crippen molar-refractivity contribution >= 4 is 27.6 Å². The van der Waals surface area contributed by atoms with E-state index in [4.69, 9.17) is 25.6 Å². The number of aryl methyl sites for hydroxylation is 2. The number of halogens is 1. The smallest absolute Gasteiger partial charge is 0.240 e. The molecule has 4 rings (SSSR count). The summed E-state index contributed by atoms with van der Waals surface area (Å²) in [7, 11) is -1.22. The van der Waals surface area contributed by atoms with E-state index in [-0.39, 0.29) is 11.8 Å². The Morgan fingerprint density at radius 1 is 1.15 bits per heavy atom. The lowest BCUT2D eigenvalue weighted by Crippen LogP contribution is -2.34. The number of nitrogens with one attached hydrogen (secondary N) is 1. The first-order chi connectivity index (χ1) is 18.6. The van der Waals surface area contributed by atoms with E-state index >= 15 is 0 Å². The summed E-state index contributed by atoms with van der Waals surface area (Å²) < 4.78 is 47.8. The van der Waals surface area contributed by atoms with Gasteiger partial charge in [0.05, 0.1) is 23.9 Å². The zero-order valence-electron chi connectivity index (χ0n) is 22.3. The lowest BCUT2D eigenvalue weighted by molar-refractivity contribution is 0.0950. The van der Waals surface area contributed by atoms with Crippen molar-refractivity contribution in [3.05, 3.63) is 58.5 Å². The Morgan fingerprint density at radius 3 is 2.46 bits per heavy atom. The number of nitrogens with zero attached hydrogens (tertiary/aromatic N) is 7. The summed E-state index contributed by atoms with van der Waals surface area (Å²) in [6.07, 6.45) is 2.31. The summed E-state index contributed by atoms with van der Waals surface area (Å²) in [4.78, 5) is 12.8. The number of ether oxygens (including phenoxy) is 2. The van der Waals surface area contributed by atoms with E-state index in [0.29, 0.717) is 40.3 Å². The normalized spacial score (nSPS) is 14.1. The van der Waals surface area contributed by atoms with Gasteiger partial charge in [0.2, 0.25) is 21.9 Å². The first-order valence-electron chi connectivity index (χ1n) is 12.0. The first kappa shape index (κ1) is 28.4. The molecule has 0 spiro atoms. The summed E-state index contributed by atoms with van der Waals surface area (Å²) in [6, 6.07) is 4.77. The predicted octanol–water partition coefficient (Wildman–Crippen LogP) is 3.91. The van der Waals surface area contributed by atoms with Crippen LogP contribution in [0.4, 0.5) is 5.95 Å². The van der Waals surface area contributed by atoms with E-state index in [1.54, 1.807) is 29.7 Å². The van der Waals surface area contributed by atoms with Crippen LogP contribution in [-0.2, 0) is 14.8 Å². The highest BCUT2D eigenvalue weighted by Crippen LogP contribution is 2.35. The minimum absolute atomic E-state index is 0.0137. The SMILES string of the molecule is CC[C@H](c1c(C)noc1C)n1c(NS(=O)(=O)[C@@H](C)[C@H](OC)c2ncc(Cl)cn2)nnc1-c1cccc(OC)n1. The molecule has 4 aromatic heterocycles. The van der Waals surface area contributed by atoms with E-state index in [9.17, 15) is 8.42 Å². The van der Waals surface area contributed by atoms with Crippen LogP contribution in [0.3, 0.4) is 0 Å². The van der Waals surface area contributed by atoms with Crippen LogP contribution in [0.2, 0.25) is 5.02 Å². The number of hydrogen-bond acceptors (Lipinski definition) is 11. The van der Waals surface area contributed by atoms with Crippen molar-refractivity contribution in [1.82, 2.24) is 34.9 Å². The van der Waals surface area contributed by atoms with Crippen LogP contribution in [0.5, 0.6) is 5.88 Å². The zero-order valence-corrected chi connectivity index (χ0v) is 23.9. The van der Waals surface area contributed by atoms with Crippen LogP contribution in [0.25, 0.3) is 11.5 Å². The summed E-state index contributed by atoms with van der Waals surface area (Å²) in [5.74, 6) is 1.45. The fourth-order valence-electron chi connectivity index (χ4n) is 4.32. The van der Waals surface area contributed by atoms with Crippen molar-refractivity contribution in [1.29, 1.82) is 0 Å². The van der Waals surface area contributed by atoms with E-state index < -0.39 is 27.4 Å². The third-order valence-electron chi connectivity index (χ3n) is 6.28. The molecule has 0 saturated heterocycles. The van der Waals surface area contributed by atoms with Crippen LogP contribution in [0.15, 0.2) is 35.1 Å². The molecule has 4 heterocycles. The molecule has 4 aromatic rings. The monoisotopic (exact) mass is 576 g/mol. The standard InChI is InChI=1S/C24H29ClN8O5S/c1-7-18(20-13(2)31-38-14(20)3)33-23(17-9-8-10-19(28-17)36-5)29-30-24(33)32-39(34,35)15(4)21(37-6)22-26-11-16(25)12-27-22/h8-12,15,18,21H,7H2,1-6H3,(H,30,32)/t15-,18+,21-/m0/s1. The molecule has 208 valence electrons. The van der Waals surface area contributed by atoms with Gasteiger partial charge in [-0.3, -0.25) is 9.29 Å². The highest BCUT2D eigenvalue weighted by Gasteiger charge is 2.36. The van der Waals surface area contributed by atoms with Gasteiger partial charge in [-0.05, 0) is 33.3 Å². The van der Waals surface area contributed by atoms with Gasteiger partial charge in [-0.25, -0.2) is 23.4 Å². The third kappa shape index (κ3) is 5.72. The molecule has 3 atom stereocenters. The fourth-order valence-corrected chi connectivity index (χ4v) is 5.56. The molecule has 15 heteroatoms. The summed E-state index contributed by atoms with van der Waals surface area (Å²) in [6.45, 7) is 7.07. The molecule has 13 nitrogen and oxygen atoms in total. The van der Waals surface area contributed by atoms with Gasteiger partial charge in [-0.1, -0.05) is 29.7 Å². The van der Waals surface area contributed by atoms with E-state index in [1.165, 1.54) is 33.5 Å². The van der Waals surface area contributed by atoms with Gasteiger partial charge in [0.1, 0.15) is 22.8 Å². The molecule has 1 N–H and O–H groups in total. The van der Waals surface area contributed by atoms with Crippen molar-refractivity contribution in [2.24, 2.45) is 0 Å². The second-order valence-electron chi connectivity index (χ2n) is 8.71. The van der Waals surface area contributed by atoms with Gasteiger partial charge >= 0.3 is 0 Å². The van der Waals surface area contributed by atoms with Crippen molar-refractivity contribution in [3.8, 4) is 17.4 Å². The fraction of sp³-hybridized carbons (Fsp3) is 0.417. The molecule has 0 aliphatic carbocycles. The third-order valence-corrected chi connectivity index (χ3v) is 8.16. The average Bonchev–Trinajstić information content (AvgIpc) is 3.48. The minimum atomic E-state index is -4.11. The second-order valence-corrected chi connectivity index (χ2v) is 11.2. The van der Waals surface area contributed by atoms with Gasteiger partial charge in [0.25, 0.3) is 0 Å². The number of methoxy groups -OCH3 is 2. The molecular formula is C24H29ClN8O5S. The summed E-state index contributed by atoms with van der Waals surface area (Å²) in [5, 5.41) is 11.8. The maximum Gasteiger partial charge on any atom is 0.240 e. The lowest BCUT2D eigenvalue weighted by Gasteiger charge is -2.24. The number of aromatic nitrogens is 7. The van der Waals surface area contributed by atoms with Crippen LogP contribution < -0.4 is 9.46 Å². The minimum Gasteiger partial charge on any atom is -0.481 e. The Kier molecular flexibility index (Phi) is 8.47. The van der Waals surface area contributed by atoms with Crippen molar-refractivity contribution in [2.45, 2.75) is 51.5 Å². The highest BCUT2D eigenvalue weighted by atomic mass is 35.5. The zero-order chi connectivity index (χ0) is 28.3. The van der Waals surface area contributed by atoms with Crippen LogP contribution >= 0.6 is 11.6 Å². The predicted molar refractivity (Wildman–Crippen MR) is 143 cm³/mol. The summed E-state index contributed by atoms with van der Waals surface area (Å²) in [5.41, 5.74) is 1.90. The first-order valence-corrected chi connectivity index (χ1v) is 13.9. The second kappa shape index (κ2) is 11.6. The van der Waals surface area contributed by atoms with Crippen molar-refractivity contribution in [3.63, 3.8) is 0 Å². The Labute approximate surface area is 231 Å². The Morgan fingerprint density at radius 2 is 1.87 bits per heavy atom. The van der Waals surface area contributed by atoms with E-state index in [0.717, 1.165) is 5.56 Å². The van der Waals surface area contributed by atoms with Gasteiger partial charge in [-0.2, -0.15) is 0 Å². The molecule has 0 fully saturated rings. The molecule has 0 aromatic carbocycles. The van der Waals surface area contributed by atoms with Crippen LogP contribution in [0, 0.1) is 13.8 Å². The number of rotatable bonds is 11. The number of anilines is 1. The molecular weight excluding hydrogens is 548 g/mol. The highest BCUT2D eigenvalue weighted by molar-refractivity contribution is 7.93. The van der Waals surface area contributed by atoms with Crippen molar-refractivity contribution in [2.75, 3.05) is 18.9 Å². The Balaban J connectivity index is 1.81. The van der Waals surface area contributed by atoms with Crippen molar-refractivity contribution < 1.29 is 22.4 Å². The molecule has 0 aliphatic rings. The molecule has 0 unspecified atom stereocenters. The topological polar surface area (TPSA) is 160 Å². The lowest BCUT2D eigenvalue weighted by atomic mass is 10.0. The molecule has 0 aliphatic heterocycles. The average molecular weight is 577 g/mol. The van der Waals surface area contributed by atoms with Crippen LogP contribution in [0.1, 0.15) is 55.3 Å². The van der Waals surface area contributed by atoms with E-state index in [1.807, 2.05) is 13.8 Å². The molecule has 0 radical (unpaired) electrons. The number of hydrogen-bond donors (Lipinski definition) is 1. The maximum absolute atomic E-state index is 13.6. The largest absolute Gasteiger partial charge is 0.481 e. The number of pyridine rings is 1. The molecule has 0 saturated carbocycles. The Bertz CT molecular complexity index is 1520. The maximum atomic E-state index is 13.6. The van der Waals surface area contributed by atoms with Gasteiger partial charge in [0, 0.05) is 31.1 Å². The van der Waals surface area contributed by atoms with Gasteiger partial charge < -0.3 is 14.0 Å².